The van der Waals surface area contributed by atoms with Gasteiger partial charge in [0.05, 0.1) is 12.0 Å². The Morgan fingerprint density at radius 1 is 0.886 bits per heavy atom. The summed E-state index contributed by atoms with van der Waals surface area (Å²) in [7, 11) is -2.02. The Morgan fingerprint density at radius 2 is 1.54 bits per heavy atom. The number of hydrogen-bond acceptors (Lipinski definition) is 6. The van der Waals surface area contributed by atoms with E-state index in [1.165, 1.54) is 4.31 Å². The molecular weight excluding hydrogens is 464 g/mol. The van der Waals surface area contributed by atoms with E-state index in [0.29, 0.717) is 26.2 Å². The van der Waals surface area contributed by atoms with Gasteiger partial charge in [-0.3, -0.25) is 9.78 Å². The van der Waals surface area contributed by atoms with Crippen LogP contribution in [-0.4, -0.2) is 74.9 Å². The fourth-order valence-electron chi connectivity index (χ4n) is 4.98. The molecule has 9 heteroatoms. The van der Waals surface area contributed by atoms with Crippen LogP contribution in [-0.2, 0) is 14.8 Å². The molecule has 3 aromatic rings. The average Bonchev–Trinajstić information content (AvgIpc) is 2.92. The van der Waals surface area contributed by atoms with Crippen LogP contribution in [0.3, 0.4) is 0 Å². The van der Waals surface area contributed by atoms with Crippen molar-refractivity contribution in [2.75, 3.05) is 51.3 Å². The number of carbonyl (C=O) groups is 1. The van der Waals surface area contributed by atoms with Gasteiger partial charge in [0.1, 0.15) is 5.75 Å². The molecule has 0 bridgehead atoms. The lowest BCUT2D eigenvalue weighted by molar-refractivity contribution is -0.137. The van der Waals surface area contributed by atoms with Crippen molar-refractivity contribution in [1.82, 2.24) is 14.2 Å². The highest BCUT2D eigenvalue weighted by atomic mass is 32.2. The number of benzene rings is 2. The third-order valence-corrected chi connectivity index (χ3v) is 8.97. The Balaban J connectivity index is 1.19. The molecule has 2 saturated heterocycles. The predicted octanol–water partition coefficient (Wildman–Crippen LogP) is 2.99. The van der Waals surface area contributed by atoms with Crippen molar-refractivity contribution in [1.29, 1.82) is 0 Å². The zero-order valence-electron chi connectivity index (χ0n) is 19.8. The lowest BCUT2D eigenvalue weighted by Gasteiger charge is -2.38. The second kappa shape index (κ2) is 9.83. The Morgan fingerprint density at radius 3 is 2.23 bits per heavy atom. The Bertz CT molecular complexity index is 1300. The number of rotatable bonds is 5. The number of hydrogen-bond donors (Lipinski definition) is 0. The molecule has 2 aliphatic heterocycles. The molecule has 1 amide bonds. The van der Waals surface area contributed by atoms with Crippen molar-refractivity contribution >= 4 is 32.4 Å². The van der Waals surface area contributed by atoms with E-state index >= 15 is 0 Å². The van der Waals surface area contributed by atoms with Crippen LogP contribution in [0.5, 0.6) is 5.75 Å². The second-order valence-corrected chi connectivity index (χ2v) is 11.0. The molecule has 0 saturated carbocycles. The van der Waals surface area contributed by atoms with Gasteiger partial charge in [0.2, 0.25) is 15.9 Å². The lowest BCUT2D eigenvalue weighted by atomic mass is 9.94. The fraction of sp³-hybridized carbons (Fsp3) is 0.385. The predicted molar refractivity (Wildman–Crippen MR) is 135 cm³/mol. The van der Waals surface area contributed by atoms with Crippen LogP contribution in [0.1, 0.15) is 12.8 Å². The van der Waals surface area contributed by atoms with Crippen molar-refractivity contribution in [3.63, 3.8) is 0 Å². The Kier molecular flexibility index (Phi) is 6.62. The number of fused-ring (bicyclic) bond motifs is 1. The number of pyridine rings is 1. The maximum Gasteiger partial charge on any atom is 0.243 e. The topological polar surface area (TPSA) is 83.1 Å². The molecule has 2 fully saturated rings. The van der Waals surface area contributed by atoms with E-state index in [0.717, 1.165) is 48.1 Å². The summed E-state index contributed by atoms with van der Waals surface area (Å²) in [5.41, 5.74) is 1.14. The summed E-state index contributed by atoms with van der Waals surface area (Å²) in [5, 5.41) is 1.77. The number of ether oxygens (including phenoxy) is 1. The minimum absolute atomic E-state index is 0.00581. The number of nitrogens with zero attached hydrogens (tertiary/aromatic N) is 4. The quantitative estimate of drug-likeness (QED) is 0.542. The highest BCUT2D eigenvalue weighted by Crippen LogP contribution is 2.27. The number of methoxy groups -OCH3 is 1. The molecular formula is C26H30N4O4S. The zero-order chi connectivity index (χ0) is 24.4. The lowest BCUT2D eigenvalue weighted by Crippen LogP contribution is -2.52. The first-order valence-corrected chi connectivity index (χ1v) is 13.4. The molecule has 184 valence electrons. The number of piperidine rings is 1. The normalized spacial score (nSPS) is 18.1. The van der Waals surface area contributed by atoms with Crippen LogP contribution < -0.4 is 9.64 Å². The summed E-state index contributed by atoms with van der Waals surface area (Å²) in [5.74, 6) is 0.877. The molecule has 2 aromatic carbocycles. The van der Waals surface area contributed by atoms with Gasteiger partial charge in [-0.05, 0) is 60.0 Å². The second-order valence-electron chi connectivity index (χ2n) is 9.07. The van der Waals surface area contributed by atoms with Crippen molar-refractivity contribution in [3.8, 4) is 5.75 Å². The molecule has 0 aliphatic carbocycles. The fourth-order valence-corrected chi connectivity index (χ4v) is 6.44. The number of anilines is 1. The number of amides is 1. The van der Waals surface area contributed by atoms with E-state index in [9.17, 15) is 13.2 Å². The van der Waals surface area contributed by atoms with E-state index in [1.807, 2.05) is 41.3 Å². The maximum atomic E-state index is 13.3. The minimum Gasteiger partial charge on any atom is -0.497 e. The molecule has 0 N–H and O–H groups in total. The molecule has 0 spiro atoms. The summed E-state index contributed by atoms with van der Waals surface area (Å²) in [6, 6.07) is 14.7. The van der Waals surface area contributed by atoms with E-state index < -0.39 is 10.0 Å². The van der Waals surface area contributed by atoms with Crippen LogP contribution in [0, 0.1) is 5.92 Å². The van der Waals surface area contributed by atoms with Gasteiger partial charge in [-0.15, -0.1) is 0 Å². The smallest absolute Gasteiger partial charge is 0.243 e. The summed E-state index contributed by atoms with van der Waals surface area (Å²) in [4.78, 5) is 21.6. The van der Waals surface area contributed by atoms with Gasteiger partial charge in [0, 0.05) is 63.3 Å². The summed E-state index contributed by atoms with van der Waals surface area (Å²) < 4.78 is 33.3. The molecule has 3 heterocycles. The van der Waals surface area contributed by atoms with E-state index in [-0.39, 0.29) is 16.7 Å². The van der Waals surface area contributed by atoms with Gasteiger partial charge in [0.25, 0.3) is 0 Å². The molecule has 0 unspecified atom stereocenters. The van der Waals surface area contributed by atoms with Crippen LogP contribution in [0.2, 0.25) is 0 Å². The molecule has 0 radical (unpaired) electrons. The number of aromatic nitrogens is 1. The van der Waals surface area contributed by atoms with E-state index in [2.05, 4.69) is 9.88 Å². The molecule has 35 heavy (non-hydrogen) atoms. The largest absolute Gasteiger partial charge is 0.497 e. The third kappa shape index (κ3) is 4.83. The van der Waals surface area contributed by atoms with Crippen LogP contribution in [0.25, 0.3) is 10.8 Å². The number of piperazine rings is 1. The molecule has 5 rings (SSSR count). The highest BCUT2D eigenvalue weighted by molar-refractivity contribution is 7.89. The Hall–Kier alpha value is -3.17. The summed E-state index contributed by atoms with van der Waals surface area (Å²) in [6.45, 7) is 3.14. The van der Waals surface area contributed by atoms with Crippen LogP contribution >= 0.6 is 0 Å². The van der Waals surface area contributed by atoms with Gasteiger partial charge in [-0.1, -0.05) is 12.1 Å². The summed E-state index contributed by atoms with van der Waals surface area (Å²) in [6.07, 6.45) is 5.19. The number of carbonyl (C=O) groups excluding carboxylic acids is 1. The minimum atomic E-state index is -3.63. The van der Waals surface area contributed by atoms with Crippen molar-refractivity contribution < 1.29 is 17.9 Å². The molecule has 0 atom stereocenters. The van der Waals surface area contributed by atoms with Crippen LogP contribution in [0.4, 0.5) is 5.69 Å². The van der Waals surface area contributed by atoms with E-state index in [4.69, 9.17) is 4.74 Å². The SMILES string of the molecule is COc1ccc2cc(S(=O)(=O)N3CCN(C(=O)C4CCN(c5ccncc5)CC4)CC3)ccc2c1. The van der Waals surface area contributed by atoms with E-state index in [1.54, 1.807) is 31.6 Å². The van der Waals surface area contributed by atoms with Gasteiger partial charge < -0.3 is 14.5 Å². The highest BCUT2D eigenvalue weighted by Gasteiger charge is 2.34. The van der Waals surface area contributed by atoms with Crippen molar-refractivity contribution in [2.45, 2.75) is 17.7 Å². The van der Waals surface area contributed by atoms with Crippen molar-refractivity contribution in [3.05, 3.63) is 60.9 Å². The Labute approximate surface area is 206 Å². The van der Waals surface area contributed by atoms with Gasteiger partial charge in [0.15, 0.2) is 0 Å². The first-order chi connectivity index (χ1) is 17.0. The first-order valence-electron chi connectivity index (χ1n) is 12.0. The third-order valence-electron chi connectivity index (χ3n) is 7.08. The van der Waals surface area contributed by atoms with Gasteiger partial charge in [-0.25, -0.2) is 8.42 Å². The molecule has 1 aromatic heterocycles. The zero-order valence-corrected chi connectivity index (χ0v) is 20.7. The first kappa shape index (κ1) is 23.6. The monoisotopic (exact) mass is 494 g/mol. The number of sulfonamides is 1. The average molecular weight is 495 g/mol. The molecule has 2 aliphatic rings. The van der Waals surface area contributed by atoms with Gasteiger partial charge >= 0.3 is 0 Å². The summed E-state index contributed by atoms with van der Waals surface area (Å²) >= 11 is 0. The maximum absolute atomic E-state index is 13.3. The van der Waals surface area contributed by atoms with Crippen molar-refractivity contribution in [2.24, 2.45) is 5.92 Å². The molecule has 8 nitrogen and oxygen atoms in total. The standard InChI is InChI=1S/C26H30N4O4S/c1-34-24-4-2-22-19-25(5-3-21(22)18-24)35(32,33)30-16-14-29(15-17-30)26(31)20-8-12-28(13-9-20)23-6-10-27-11-7-23/h2-7,10-11,18-20H,8-9,12-17H2,1H3. The van der Waals surface area contributed by atoms with Crippen LogP contribution in [0.15, 0.2) is 65.8 Å². The van der Waals surface area contributed by atoms with Gasteiger partial charge in [-0.2, -0.15) is 4.31 Å².